The van der Waals surface area contributed by atoms with Crippen molar-refractivity contribution < 1.29 is 22.4 Å². The van der Waals surface area contributed by atoms with Gasteiger partial charge in [0, 0.05) is 24.5 Å². The van der Waals surface area contributed by atoms with Crippen LogP contribution in [-0.2, 0) is 6.54 Å². The second-order valence-corrected chi connectivity index (χ2v) is 4.33. The number of carbonyl (C=O) groups excluding carboxylic acids is 1. The fraction of sp³-hybridized carbons (Fsp3) is 0.143. The number of halogens is 4. The molecule has 0 saturated carbocycles. The Kier molecular flexibility index (Phi) is 3.80. The lowest BCUT2D eigenvalue weighted by atomic mass is 10.1. The van der Waals surface area contributed by atoms with Crippen LogP contribution in [0.4, 0.5) is 17.6 Å². The van der Waals surface area contributed by atoms with E-state index in [0.717, 1.165) is 18.3 Å². The molecule has 0 N–H and O–H groups in total. The molecule has 0 spiro atoms. The highest BCUT2D eigenvalue weighted by Gasteiger charge is 2.39. The number of nitrogens with zero attached hydrogens (tertiary/aromatic N) is 2. The van der Waals surface area contributed by atoms with Gasteiger partial charge in [-0.25, -0.2) is 4.39 Å². The zero-order valence-corrected chi connectivity index (χ0v) is 10.5. The summed E-state index contributed by atoms with van der Waals surface area (Å²) in [5, 5.41) is 8.71. The van der Waals surface area contributed by atoms with Crippen molar-refractivity contribution in [2.45, 2.75) is 12.7 Å². The molecule has 0 bridgehead atoms. The third-order valence-corrected chi connectivity index (χ3v) is 2.79. The number of aromatic nitrogens is 1. The van der Waals surface area contributed by atoms with Gasteiger partial charge in [0.15, 0.2) is 0 Å². The summed E-state index contributed by atoms with van der Waals surface area (Å²) in [5.41, 5.74) is -0.0778. The summed E-state index contributed by atoms with van der Waals surface area (Å²) in [6.45, 7) is 0.125. The number of benzene rings is 1. The van der Waals surface area contributed by atoms with Crippen LogP contribution in [-0.4, -0.2) is 16.5 Å². The standard InChI is InChI=1S/C14H8F4N2O/c15-12-2-1-9(5-11(12)6-19)7-20-4-3-10(8-20)13(21)14(16,17)18/h1-5,8H,7H2. The maximum atomic E-state index is 13.2. The first-order chi connectivity index (χ1) is 9.81. The molecule has 2 aromatic rings. The van der Waals surface area contributed by atoms with Crippen LogP contribution < -0.4 is 0 Å². The second kappa shape index (κ2) is 5.40. The Morgan fingerprint density at radius 2 is 2.00 bits per heavy atom. The summed E-state index contributed by atoms with van der Waals surface area (Å²) in [5.74, 6) is -2.58. The first-order valence-electron chi connectivity index (χ1n) is 5.77. The van der Waals surface area contributed by atoms with Gasteiger partial charge in [0.2, 0.25) is 0 Å². The number of hydrogen-bond donors (Lipinski definition) is 0. The van der Waals surface area contributed by atoms with Gasteiger partial charge in [-0.2, -0.15) is 18.4 Å². The average molecular weight is 296 g/mol. The highest BCUT2D eigenvalue weighted by atomic mass is 19.4. The number of Topliss-reactive ketones (excluding diaryl/α,β-unsaturated/α-hetero) is 1. The molecule has 0 atom stereocenters. The maximum absolute atomic E-state index is 13.2. The average Bonchev–Trinajstić information content (AvgIpc) is 2.87. The SMILES string of the molecule is N#Cc1cc(Cn2ccc(C(=O)C(F)(F)F)c2)ccc1F. The largest absolute Gasteiger partial charge is 0.454 e. The van der Waals surface area contributed by atoms with Crippen molar-refractivity contribution in [3.63, 3.8) is 0 Å². The molecule has 0 fully saturated rings. The smallest absolute Gasteiger partial charge is 0.349 e. The Balaban J connectivity index is 2.21. The first-order valence-corrected chi connectivity index (χ1v) is 5.77. The van der Waals surface area contributed by atoms with Gasteiger partial charge in [-0.05, 0) is 23.8 Å². The number of hydrogen-bond acceptors (Lipinski definition) is 2. The lowest BCUT2D eigenvalue weighted by Crippen LogP contribution is -2.22. The Bertz CT molecular complexity index is 725. The Hall–Kier alpha value is -2.62. The van der Waals surface area contributed by atoms with Gasteiger partial charge in [0.05, 0.1) is 5.56 Å². The van der Waals surface area contributed by atoms with E-state index in [1.54, 1.807) is 6.07 Å². The van der Waals surface area contributed by atoms with E-state index in [1.807, 2.05) is 0 Å². The monoisotopic (exact) mass is 296 g/mol. The molecule has 0 aliphatic heterocycles. The molecule has 1 heterocycles. The molecule has 0 aliphatic carbocycles. The van der Waals surface area contributed by atoms with Crippen LogP contribution in [0.1, 0.15) is 21.5 Å². The van der Waals surface area contributed by atoms with Gasteiger partial charge in [0.1, 0.15) is 11.9 Å². The molecule has 108 valence electrons. The lowest BCUT2D eigenvalue weighted by molar-refractivity contribution is -0.0885. The van der Waals surface area contributed by atoms with Crippen LogP contribution in [0.3, 0.4) is 0 Å². The van der Waals surface area contributed by atoms with E-state index in [1.165, 1.54) is 22.9 Å². The molecule has 1 aromatic heterocycles. The van der Waals surface area contributed by atoms with Crippen LogP contribution in [0, 0.1) is 17.1 Å². The molecule has 0 saturated heterocycles. The summed E-state index contributed by atoms with van der Waals surface area (Å²) < 4.78 is 51.3. The van der Waals surface area contributed by atoms with E-state index in [2.05, 4.69) is 0 Å². The second-order valence-electron chi connectivity index (χ2n) is 4.33. The number of ketones is 1. The van der Waals surface area contributed by atoms with Gasteiger partial charge in [-0.3, -0.25) is 4.79 Å². The Morgan fingerprint density at radius 1 is 1.29 bits per heavy atom. The van der Waals surface area contributed by atoms with Gasteiger partial charge in [-0.1, -0.05) is 6.07 Å². The predicted octanol–water partition coefficient (Wildman–Crippen LogP) is 3.29. The molecule has 0 amide bonds. The minimum Gasteiger partial charge on any atom is -0.349 e. The summed E-state index contributed by atoms with van der Waals surface area (Å²) in [6, 6.07) is 6.57. The van der Waals surface area contributed by atoms with E-state index in [9.17, 15) is 22.4 Å². The summed E-state index contributed by atoms with van der Waals surface area (Å²) >= 11 is 0. The number of rotatable bonds is 3. The highest BCUT2D eigenvalue weighted by molar-refractivity contribution is 6.00. The molecule has 3 nitrogen and oxygen atoms in total. The molecule has 2 rings (SSSR count). The molecule has 0 radical (unpaired) electrons. The van der Waals surface area contributed by atoms with Crippen molar-refractivity contribution in [1.82, 2.24) is 4.57 Å². The quantitative estimate of drug-likeness (QED) is 0.644. The topological polar surface area (TPSA) is 45.8 Å². The van der Waals surface area contributed by atoms with Crippen LogP contribution in [0.5, 0.6) is 0 Å². The molecule has 0 unspecified atom stereocenters. The van der Waals surface area contributed by atoms with Crippen LogP contribution in [0.2, 0.25) is 0 Å². The van der Waals surface area contributed by atoms with E-state index >= 15 is 0 Å². The van der Waals surface area contributed by atoms with E-state index in [0.29, 0.717) is 5.56 Å². The number of nitriles is 1. The minimum atomic E-state index is -4.92. The molecule has 21 heavy (non-hydrogen) atoms. The van der Waals surface area contributed by atoms with Gasteiger partial charge < -0.3 is 4.57 Å². The maximum Gasteiger partial charge on any atom is 0.454 e. The van der Waals surface area contributed by atoms with Gasteiger partial charge >= 0.3 is 6.18 Å². The van der Waals surface area contributed by atoms with Gasteiger partial charge in [0.25, 0.3) is 5.78 Å². The summed E-state index contributed by atoms with van der Waals surface area (Å²) in [4.78, 5) is 11.0. The Labute approximate surface area is 117 Å². The van der Waals surface area contributed by atoms with Crippen LogP contribution in [0.25, 0.3) is 0 Å². The summed E-state index contributed by atoms with van der Waals surface area (Å²) in [7, 11) is 0. The zero-order chi connectivity index (χ0) is 15.6. The molecule has 7 heteroatoms. The molecular weight excluding hydrogens is 288 g/mol. The molecular formula is C14H8F4N2O. The summed E-state index contributed by atoms with van der Waals surface area (Å²) in [6.07, 6.45) is -2.55. The molecule has 0 aliphatic rings. The fourth-order valence-corrected chi connectivity index (χ4v) is 1.80. The third kappa shape index (κ3) is 3.28. The van der Waals surface area contributed by atoms with Crippen molar-refractivity contribution in [1.29, 1.82) is 5.26 Å². The van der Waals surface area contributed by atoms with Crippen molar-refractivity contribution in [3.05, 3.63) is 59.2 Å². The van der Waals surface area contributed by atoms with Crippen LogP contribution >= 0.6 is 0 Å². The Morgan fingerprint density at radius 3 is 2.62 bits per heavy atom. The van der Waals surface area contributed by atoms with E-state index in [4.69, 9.17) is 5.26 Å². The highest BCUT2D eigenvalue weighted by Crippen LogP contribution is 2.22. The van der Waals surface area contributed by atoms with E-state index < -0.39 is 23.3 Å². The van der Waals surface area contributed by atoms with Crippen molar-refractivity contribution in [2.75, 3.05) is 0 Å². The third-order valence-electron chi connectivity index (χ3n) is 2.79. The normalized spacial score (nSPS) is 11.2. The van der Waals surface area contributed by atoms with Gasteiger partial charge in [-0.15, -0.1) is 0 Å². The lowest BCUT2D eigenvalue weighted by Gasteiger charge is -2.05. The fourth-order valence-electron chi connectivity index (χ4n) is 1.80. The predicted molar refractivity (Wildman–Crippen MR) is 65.0 cm³/mol. The zero-order valence-electron chi connectivity index (χ0n) is 10.5. The number of carbonyl (C=O) groups is 1. The number of alkyl halides is 3. The van der Waals surface area contributed by atoms with Crippen LogP contribution in [0.15, 0.2) is 36.7 Å². The van der Waals surface area contributed by atoms with E-state index in [-0.39, 0.29) is 12.1 Å². The van der Waals surface area contributed by atoms with Crippen molar-refractivity contribution in [2.24, 2.45) is 0 Å². The first kappa shape index (κ1) is 14.8. The van der Waals surface area contributed by atoms with Crippen molar-refractivity contribution >= 4 is 5.78 Å². The van der Waals surface area contributed by atoms with Crippen molar-refractivity contribution in [3.8, 4) is 6.07 Å². The molecule has 1 aromatic carbocycles. The minimum absolute atomic E-state index is 0.125.